The molecule has 1 saturated carbocycles. The summed E-state index contributed by atoms with van der Waals surface area (Å²) in [6, 6.07) is 1.88. The number of amides is 1. The van der Waals surface area contributed by atoms with Gasteiger partial charge in [-0.15, -0.1) is 0 Å². The van der Waals surface area contributed by atoms with Crippen molar-refractivity contribution >= 4 is 29.3 Å². The molecule has 28 heavy (non-hydrogen) atoms. The van der Waals surface area contributed by atoms with Gasteiger partial charge >= 0.3 is 11.8 Å². The fraction of sp³-hybridized carbons (Fsp3) is 0.579. The van der Waals surface area contributed by atoms with Crippen LogP contribution in [0.25, 0.3) is 11.0 Å². The number of nitrogens with one attached hydrogen (secondary N) is 1. The van der Waals surface area contributed by atoms with Crippen molar-refractivity contribution in [1.82, 2.24) is 24.3 Å². The molecule has 0 spiro atoms. The summed E-state index contributed by atoms with van der Waals surface area (Å²) in [7, 11) is 5.48. The average Bonchev–Trinajstić information content (AvgIpc) is 2.86. The summed E-state index contributed by atoms with van der Waals surface area (Å²) in [5.74, 6) is 0.476. The van der Waals surface area contributed by atoms with E-state index in [2.05, 4.69) is 15.0 Å². The molecule has 2 aromatic heterocycles. The summed E-state index contributed by atoms with van der Waals surface area (Å²) < 4.78 is 7.16. The Morgan fingerprint density at radius 2 is 2.04 bits per heavy atom. The first-order valence-electron chi connectivity index (χ1n) is 9.32. The van der Waals surface area contributed by atoms with Gasteiger partial charge < -0.3 is 19.5 Å². The Morgan fingerprint density at radius 1 is 1.36 bits per heavy atom. The molecule has 9 nitrogen and oxygen atoms in total. The maximum atomic E-state index is 12.6. The number of aromatic amines is 1. The second-order valence-corrected chi connectivity index (χ2v) is 8.41. The second-order valence-electron chi connectivity index (χ2n) is 8.41. The zero-order valence-electron chi connectivity index (χ0n) is 17.3. The standard InChI is InChI=1S/C19H28N6O3/c1-19(2,3)28-18(27)24(6)12-9-13(10-12)25-14-7-8-20-16(21-11-23(4)5)15(14)22-17(25)26/h7-8,11-13H,9-10H2,1-6H3,(H,22,26)/b21-11+/t12-,13+. The number of pyridine rings is 1. The number of fused-ring (bicyclic) bond motifs is 1. The first-order valence-corrected chi connectivity index (χ1v) is 9.32. The van der Waals surface area contributed by atoms with Crippen LogP contribution in [0.1, 0.15) is 39.7 Å². The van der Waals surface area contributed by atoms with E-state index in [-0.39, 0.29) is 23.9 Å². The smallest absolute Gasteiger partial charge is 0.410 e. The van der Waals surface area contributed by atoms with Crippen LogP contribution in [0.3, 0.4) is 0 Å². The van der Waals surface area contributed by atoms with Crippen LogP contribution >= 0.6 is 0 Å². The SMILES string of the molecule is CN(C)/C=N/c1nccc2c1[nH]c(=O)n2[C@H]1C[C@@H](N(C)C(=O)OC(C)(C)C)C1. The Labute approximate surface area is 164 Å². The molecule has 2 aromatic rings. The maximum Gasteiger partial charge on any atom is 0.410 e. The first kappa shape index (κ1) is 19.9. The van der Waals surface area contributed by atoms with Gasteiger partial charge in [0.2, 0.25) is 0 Å². The zero-order chi connectivity index (χ0) is 20.6. The molecular weight excluding hydrogens is 360 g/mol. The molecule has 0 bridgehead atoms. The summed E-state index contributed by atoms with van der Waals surface area (Å²) in [6.07, 6.45) is 4.35. The highest BCUT2D eigenvalue weighted by Crippen LogP contribution is 2.37. The highest BCUT2D eigenvalue weighted by atomic mass is 16.6. The van der Waals surface area contributed by atoms with Crippen LogP contribution in [-0.4, -0.2) is 69.6 Å². The molecular formula is C19H28N6O3. The molecule has 0 unspecified atom stereocenters. The van der Waals surface area contributed by atoms with E-state index in [9.17, 15) is 9.59 Å². The van der Waals surface area contributed by atoms with Crippen molar-refractivity contribution in [3.8, 4) is 0 Å². The Kier molecular flexibility index (Phi) is 5.18. The van der Waals surface area contributed by atoms with Crippen molar-refractivity contribution in [3.63, 3.8) is 0 Å². The lowest BCUT2D eigenvalue weighted by Crippen LogP contribution is -2.48. The minimum Gasteiger partial charge on any atom is -0.444 e. The predicted octanol–water partition coefficient (Wildman–Crippen LogP) is 2.52. The lowest BCUT2D eigenvalue weighted by Gasteiger charge is -2.41. The van der Waals surface area contributed by atoms with Gasteiger partial charge in [0.25, 0.3) is 0 Å². The van der Waals surface area contributed by atoms with Crippen LogP contribution in [0.5, 0.6) is 0 Å². The molecule has 1 N–H and O–H groups in total. The molecule has 1 aliphatic carbocycles. The van der Waals surface area contributed by atoms with Crippen molar-refractivity contribution < 1.29 is 9.53 Å². The monoisotopic (exact) mass is 388 g/mol. The van der Waals surface area contributed by atoms with Crippen molar-refractivity contribution in [2.24, 2.45) is 4.99 Å². The molecule has 0 radical (unpaired) electrons. The van der Waals surface area contributed by atoms with Gasteiger partial charge in [-0.2, -0.15) is 0 Å². The van der Waals surface area contributed by atoms with Gasteiger partial charge in [-0.1, -0.05) is 0 Å². The minimum absolute atomic E-state index is 0.0178. The highest BCUT2D eigenvalue weighted by Gasteiger charge is 2.38. The van der Waals surface area contributed by atoms with Crippen LogP contribution in [0.15, 0.2) is 22.1 Å². The average molecular weight is 388 g/mol. The summed E-state index contributed by atoms with van der Waals surface area (Å²) in [5.41, 5.74) is 0.676. The van der Waals surface area contributed by atoms with Crippen molar-refractivity contribution in [3.05, 3.63) is 22.7 Å². The quantitative estimate of drug-likeness (QED) is 0.641. The van der Waals surface area contributed by atoms with E-state index in [1.54, 1.807) is 33.9 Å². The highest BCUT2D eigenvalue weighted by molar-refractivity contribution is 5.86. The zero-order valence-corrected chi connectivity index (χ0v) is 17.3. The molecule has 2 heterocycles. The number of nitrogens with zero attached hydrogens (tertiary/aromatic N) is 5. The summed E-state index contributed by atoms with van der Waals surface area (Å²) in [5, 5.41) is 0. The van der Waals surface area contributed by atoms with Crippen LogP contribution < -0.4 is 5.69 Å². The van der Waals surface area contributed by atoms with Gasteiger partial charge in [-0.3, -0.25) is 4.57 Å². The van der Waals surface area contributed by atoms with E-state index >= 15 is 0 Å². The third kappa shape index (κ3) is 4.02. The van der Waals surface area contributed by atoms with Gasteiger partial charge in [0.1, 0.15) is 11.1 Å². The lowest BCUT2D eigenvalue weighted by atomic mass is 9.85. The number of carbonyl (C=O) groups is 1. The molecule has 3 rings (SSSR count). The van der Waals surface area contributed by atoms with Gasteiger partial charge in [0, 0.05) is 39.4 Å². The number of imidazole rings is 1. The van der Waals surface area contributed by atoms with Gasteiger partial charge in [0.15, 0.2) is 5.82 Å². The number of aliphatic imine (C=N–C) groups is 1. The number of ether oxygens (including phenoxy) is 1. The van der Waals surface area contributed by atoms with E-state index in [1.165, 1.54) is 0 Å². The fourth-order valence-electron chi connectivity index (χ4n) is 3.24. The molecule has 0 aromatic carbocycles. The van der Waals surface area contributed by atoms with E-state index < -0.39 is 5.60 Å². The van der Waals surface area contributed by atoms with Crippen molar-refractivity contribution in [2.75, 3.05) is 21.1 Å². The molecule has 1 amide bonds. The summed E-state index contributed by atoms with van der Waals surface area (Å²) in [4.78, 5) is 39.7. The van der Waals surface area contributed by atoms with E-state index in [4.69, 9.17) is 4.74 Å². The van der Waals surface area contributed by atoms with Crippen LogP contribution in [-0.2, 0) is 4.74 Å². The van der Waals surface area contributed by atoms with Crippen LogP contribution in [0, 0.1) is 0 Å². The Hall–Kier alpha value is -2.84. The van der Waals surface area contributed by atoms with E-state index in [0.29, 0.717) is 24.2 Å². The molecule has 0 aliphatic heterocycles. The number of hydrogen-bond donors (Lipinski definition) is 1. The van der Waals surface area contributed by atoms with E-state index in [1.807, 2.05) is 40.9 Å². The maximum absolute atomic E-state index is 12.6. The molecule has 9 heteroatoms. The number of rotatable bonds is 4. The largest absolute Gasteiger partial charge is 0.444 e. The van der Waals surface area contributed by atoms with E-state index in [0.717, 1.165) is 5.52 Å². The normalized spacial score (nSPS) is 19.6. The van der Waals surface area contributed by atoms with Crippen molar-refractivity contribution in [1.29, 1.82) is 0 Å². The Balaban J connectivity index is 1.78. The van der Waals surface area contributed by atoms with Crippen LogP contribution in [0.2, 0.25) is 0 Å². The second kappa shape index (κ2) is 7.29. The molecule has 0 saturated heterocycles. The number of carbonyl (C=O) groups excluding carboxylic acids is 1. The summed E-state index contributed by atoms with van der Waals surface area (Å²) in [6.45, 7) is 5.54. The third-order valence-electron chi connectivity index (χ3n) is 4.71. The number of aromatic nitrogens is 3. The molecule has 1 aliphatic rings. The Morgan fingerprint density at radius 3 is 2.64 bits per heavy atom. The molecule has 1 fully saturated rings. The molecule has 0 atom stereocenters. The Bertz CT molecular complexity index is 947. The van der Waals surface area contributed by atoms with Gasteiger partial charge in [-0.05, 0) is 39.7 Å². The van der Waals surface area contributed by atoms with Crippen LogP contribution in [0.4, 0.5) is 10.6 Å². The minimum atomic E-state index is -0.529. The summed E-state index contributed by atoms with van der Waals surface area (Å²) >= 11 is 0. The molecule has 152 valence electrons. The lowest BCUT2D eigenvalue weighted by molar-refractivity contribution is 0.00790. The van der Waals surface area contributed by atoms with Gasteiger partial charge in [-0.25, -0.2) is 19.6 Å². The van der Waals surface area contributed by atoms with Crippen molar-refractivity contribution in [2.45, 2.75) is 51.3 Å². The fourth-order valence-corrected chi connectivity index (χ4v) is 3.24. The number of H-pyrrole nitrogens is 1. The predicted molar refractivity (Wildman–Crippen MR) is 108 cm³/mol. The third-order valence-corrected chi connectivity index (χ3v) is 4.71. The first-order chi connectivity index (χ1) is 13.1. The number of hydrogen-bond acceptors (Lipinski definition) is 5. The topological polar surface area (TPSA) is 95.8 Å². The van der Waals surface area contributed by atoms with Gasteiger partial charge in [0.05, 0.1) is 11.9 Å².